The van der Waals surface area contributed by atoms with Gasteiger partial charge in [-0.1, -0.05) is 6.92 Å². The SMILES string of the molecule is CCc1c(O)c(=O)ccn1Cc1cc2ccc(OCc3cc(F)cc(F)c3)cc2oc1=O. The molecule has 2 aromatic carbocycles. The first-order valence-corrected chi connectivity index (χ1v) is 9.90. The highest BCUT2D eigenvalue weighted by molar-refractivity contribution is 5.78. The van der Waals surface area contributed by atoms with Crippen LogP contribution in [0.4, 0.5) is 8.78 Å². The van der Waals surface area contributed by atoms with Gasteiger partial charge in [-0.05, 0) is 42.3 Å². The van der Waals surface area contributed by atoms with E-state index in [1.807, 2.05) is 0 Å². The van der Waals surface area contributed by atoms with Crippen molar-refractivity contribution < 1.29 is 23.0 Å². The van der Waals surface area contributed by atoms with Crippen molar-refractivity contribution >= 4 is 11.0 Å². The van der Waals surface area contributed by atoms with E-state index in [1.165, 1.54) is 30.5 Å². The lowest BCUT2D eigenvalue weighted by Crippen LogP contribution is -2.17. The first kappa shape index (κ1) is 21.3. The van der Waals surface area contributed by atoms with E-state index in [1.54, 1.807) is 29.7 Å². The third kappa shape index (κ3) is 4.39. The molecule has 8 heteroatoms. The Morgan fingerprint density at radius 2 is 1.78 bits per heavy atom. The number of fused-ring (bicyclic) bond motifs is 1. The van der Waals surface area contributed by atoms with Gasteiger partial charge in [-0.15, -0.1) is 0 Å². The fraction of sp³-hybridized carbons (Fsp3) is 0.167. The van der Waals surface area contributed by atoms with Gasteiger partial charge < -0.3 is 18.8 Å². The summed E-state index contributed by atoms with van der Waals surface area (Å²) in [5.74, 6) is -1.34. The maximum atomic E-state index is 13.3. The van der Waals surface area contributed by atoms with E-state index in [-0.39, 0.29) is 18.9 Å². The van der Waals surface area contributed by atoms with Crippen LogP contribution in [-0.4, -0.2) is 9.67 Å². The summed E-state index contributed by atoms with van der Waals surface area (Å²) in [4.78, 5) is 24.2. The van der Waals surface area contributed by atoms with Crippen molar-refractivity contribution in [2.45, 2.75) is 26.5 Å². The number of rotatable bonds is 6. The highest BCUT2D eigenvalue weighted by atomic mass is 19.1. The molecule has 4 aromatic rings. The molecule has 2 heterocycles. The molecule has 0 spiro atoms. The van der Waals surface area contributed by atoms with E-state index in [0.29, 0.717) is 40.0 Å². The van der Waals surface area contributed by atoms with Crippen LogP contribution >= 0.6 is 0 Å². The summed E-state index contributed by atoms with van der Waals surface area (Å²) >= 11 is 0. The summed E-state index contributed by atoms with van der Waals surface area (Å²) in [7, 11) is 0. The molecular formula is C24H19F2NO5. The Balaban J connectivity index is 1.59. The Bertz CT molecular complexity index is 1400. The van der Waals surface area contributed by atoms with Gasteiger partial charge >= 0.3 is 5.63 Å². The van der Waals surface area contributed by atoms with Crippen LogP contribution in [0.25, 0.3) is 11.0 Å². The number of hydrogen-bond acceptors (Lipinski definition) is 5. The molecule has 0 atom stereocenters. The quantitative estimate of drug-likeness (QED) is 0.457. The number of aromatic nitrogens is 1. The number of nitrogens with zero attached hydrogens (tertiary/aromatic N) is 1. The molecule has 2 aromatic heterocycles. The second-order valence-electron chi connectivity index (χ2n) is 7.28. The molecule has 32 heavy (non-hydrogen) atoms. The molecule has 1 N–H and O–H groups in total. The van der Waals surface area contributed by atoms with Gasteiger partial charge in [0.25, 0.3) is 0 Å². The molecule has 0 aliphatic heterocycles. The zero-order chi connectivity index (χ0) is 22.8. The predicted octanol–water partition coefficient (Wildman–Crippen LogP) is 4.13. The normalized spacial score (nSPS) is 11.1. The fourth-order valence-electron chi connectivity index (χ4n) is 3.50. The molecule has 0 fully saturated rings. The lowest BCUT2D eigenvalue weighted by atomic mass is 10.1. The maximum Gasteiger partial charge on any atom is 0.341 e. The van der Waals surface area contributed by atoms with Gasteiger partial charge in [0.1, 0.15) is 29.6 Å². The van der Waals surface area contributed by atoms with E-state index in [0.717, 1.165) is 6.07 Å². The predicted molar refractivity (Wildman–Crippen MR) is 114 cm³/mol. The second-order valence-corrected chi connectivity index (χ2v) is 7.28. The molecule has 4 rings (SSSR count). The summed E-state index contributed by atoms with van der Waals surface area (Å²) in [6.45, 7) is 1.87. The third-order valence-corrected chi connectivity index (χ3v) is 5.04. The third-order valence-electron chi connectivity index (χ3n) is 5.04. The molecule has 0 bridgehead atoms. The van der Waals surface area contributed by atoms with Crippen LogP contribution in [0.2, 0.25) is 0 Å². The average molecular weight is 439 g/mol. The van der Waals surface area contributed by atoms with E-state index in [4.69, 9.17) is 9.15 Å². The topological polar surface area (TPSA) is 81.7 Å². The van der Waals surface area contributed by atoms with E-state index >= 15 is 0 Å². The summed E-state index contributed by atoms with van der Waals surface area (Å²) in [6, 6.07) is 10.9. The monoisotopic (exact) mass is 439 g/mol. The number of ether oxygens (including phenoxy) is 1. The molecule has 164 valence electrons. The van der Waals surface area contributed by atoms with Crippen LogP contribution in [0, 0.1) is 11.6 Å². The van der Waals surface area contributed by atoms with Gasteiger partial charge in [-0.3, -0.25) is 4.79 Å². The van der Waals surface area contributed by atoms with Gasteiger partial charge in [-0.2, -0.15) is 0 Å². The Kier molecular flexibility index (Phi) is 5.77. The fourth-order valence-corrected chi connectivity index (χ4v) is 3.50. The second kappa shape index (κ2) is 8.66. The smallest absolute Gasteiger partial charge is 0.341 e. The lowest BCUT2D eigenvalue weighted by molar-refractivity contribution is 0.304. The van der Waals surface area contributed by atoms with Crippen molar-refractivity contribution in [3.8, 4) is 11.5 Å². The molecule has 0 saturated carbocycles. The van der Waals surface area contributed by atoms with Crippen molar-refractivity contribution in [1.82, 2.24) is 4.57 Å². The van der Waals surface area contributed by atoms with E-state index in [9.17, 15) is 23.5 Å². The Morgan fingerprint density at radius 3 is 2.50 bits per heavy atom. The van der Waals surface area contributed by atoms with E-state index < -0.39 is 22.7 Å². The highest BCUT2D eigenvalue weighted by Crippen LogP contribution is 2.22. The zero-order valence-electron chi connectivity index (χ0n) is 17.1. The number of hydrogen-bond donors (Lipinski definition) is 1. The molecule has 0 radical (unpaired) electrons. The number of halogens is 2. The van der Waals surface area contributed by atoms with Gasteiger partial charge in [0.2, 0.25) is 5.43 Å². The molecule has 0 unspecified atom stereocenters. The molecule has 0 aliphatic rings. The average Bonchev–Trinajstić information content (AvgIpc) is 2.75. The van der Waals surface area contributed by atoms with Gasteiger partial charge in [0.15, 0.2) is 5.75 Å². The van der Waals surface area contributed by atoms with Crippen LogP contribution in [0.3, 0.4) is 0 Å². The van der Waals surface area contributed by atoms with Gasteiger partial charge in [0, 0.05) is 29.8 Å². The maximum absolute atomic E-state index is 13.3. The number of pyridine rings is 1. The Hall–Kier alpha value is -3.94. The van der Waals surface area contributed by atoms with Crippen LogP contribution in [0.5, 0.6) is 11.5 Å². The van der Waals surface area contributed by atoms with Crippen molar-refractivity contribution in [3.05, 3.63) is 104 Å². The van der Waals surface area contributed by atoms with Crippen LogP contribution in [0.1, 0.15) is 23.7 Å². The Labute approximate surface area is 180 Å². The molecule has 0 saturated heterocycles. The molecular weight excluding hydrogens is 420 g/mol. The van der Waals surface area contributed by atoms with Crippen molar-refractivity contribution in [2.75, 3.05) is 0 Å². The van der Waals surface area contributed by atoms with Crippen molar-refractivity contribution in [3.63, 3.8) is 0 Å². The van der Waals surface area contributed by atoms with Crippen LogP contribution in [-0.2, 0) is 19.6 Å². The van der Waals surface area contributed by atoms with Gasteiger partial charge in [-0.25, -0.2) is 13.6 Å². The summed E-state index contributed by atoms with van der Waals surface area (Å²) < 4.78 is 39.3. The largest absolute Gasteiger partial charge is 0.503 e. The van der Waals surface area contributed by atoms with Crippen molar-refractivity contribution in [2.24, 2.45) is 0 Å². The summed E-state index contributed by atoms with van der Waals surface area (Å²) in [5.41, 5.74) is 0.351. The summed E-state index contributed by atoms with van der Waals surface area (Å²) in [6.07, 6.45) is 1.94. The standard InChI is InChI=1S/C24H19F2NO5/c1-2-20-23(29)21(28)5-6-27(20)12-16-9-15-3-4-19(11-22(15)32-24(16)30)31-13-14-7-17(25)10-18(26)8-14/h3-11,29H,2,12-13H2,1H3. The van der Waals surface area contributed by atoms with Crippen molar-refractivity contribution in [1.29, 1.82) is 0 Å². The Morgan fingerprint density at radius 1 is 1.03 bits per heavy atom. The minimum atomic E-state index is -0.692. The number of benzene rings is 2. The molecule has 6 nitrogen and oxygen atoms in total. The van der Waals surface area contributed by atoms with Gasteiger partial charge in [0.05, 0.1) is 17.8 Å². The molecule has 0 amide bonds. The lowest BCUT2D eigenvalue weighted by Gasteiger charge is -2.13. The first-order valence-electron chi connectivity index (χ1n) is 9.90. The minimum absolute atomic E-state index is 0.0574. The van der Waals surface area contributed by atoms with Crippen LogP contribution < -0.4 is 15.8 Å². The van der Waals surface area contributed by atoms with Crippen LogP contribution in [0.15, 0.2) is 68.7 Å². The zero-order valence-corrected chi connectivity index (χ0v) is 17.1. The first-order chi connectivity index (χ1) is 15.3. The number of aromatic hydroxyl groups is 1. The minimum Gasteiger partial charge on any atom is -0.503 e. The summed E-state index contributed by atoms with van der Waals surface area (Å²) in [5, 5.41) is 10.6. The van der Waals surface area contributed by atoms with E-state index in [2.05, 4.69) is 0 Å². The highest BCUT2D eigenvalue weighted by Gasteiger charge is 2.12. The molecule has 0 aliphatic carbocycles.